The number of phenols is 1. The van der Waals surface area contributed by atoms with Crippen LogP contribution < -0.4 is 5.32 Å². The number of amides is 1. The summed E-state index contributed by atoms with van der Waals surface area (Å²) in [6.45, 7) is 8.97. The highest BCUT2D eigenvalue weighted by Gasteiger charge is 2.30. The topological polar surface area (TPSA) is 70.0 Å². The largest absolute Gasteiger partial charge is 0.508 e. The number of hydrogen-bond donors (Lipinski definition) is 2. The van der Waals surface area contributed by atoms with Crippen LogP contribution in [0.3, 0.4) is 0 Å². The summed E-state index contributed by atoms with van der Waals surface area (Å²) in [5, 5.41) is 14.5. The summed E-state index contributed by atoms with van der Waals surface area (Å²) in [4.78, 5) is 19.2. The molecular weight excluding hydrogens is 524 g/mol. The Bertz CT molecular complexity index is 1460. The van der Waals surface area contributed by atoms with Crippen molar-refractivity contribution in [3.8, 4) is 5.75 Å². The van der Waals surface area contributed by atoms with Crippen molar-refractivity contribution in [1.82, 2.24) is 19.7 Å². The molecule has 4 aromatic rings. The summed E-state index contributed by atoms with van der Waals surface area (Å²) < 4.78 is 7.75. The third-order valence-electron chi connectivity index (χ3n) is 8.75. The number of nitrogens with one attached hydrogen (secondary N) is 1. The number of nitrogens with zero attached hydrogens (tertiary/aromatic N) is 3. The number of aromatic hydroxyl groups is 1. The van der Waals surface area contributed by atoms with E-state index in [9.17, 15) is 9.90 Å². The van der Waals surface area contributed by atoms with Crippen LogP contribution >= 0.6 is 0 Å². The van der Waals surface area contributed by atoms with Gasteiger partial charge >= 0.3 is 0 Å². The van der Waals surface area contributed by atoms with Crippen molar-refractivity contribution in [2.24, 2.45) is 0 Å². The van der Waals surface area contributed by atoms with E-state index in [0.717, 1.165) is 98.7 Å². The van der Waals surface area contributed by atoms with Crippen molar-refractivity contribution in [3.05, 3.63) is 101 Å². The van der Waals surface area contributed by atoms with E-state index >= 15 is 0 Å². The van der Waals surface area contributed by atoms with Gasteiger partial charge in [-0.05, 0) is 68.2 Å². The van der Waals surface area contributed by atoms with Gasteiger partial charge in [-0.1, -0.05) is 60.7 Å². The van der Waals surface area contributed by atoms with Crippen molar-refractivity contribution in [3.63, 3.8) is 0 Å². The molecule has 2 aliphatic heterocycles. The fourth-order valence-corrected chi connectivity index (χ4v) is 6.60. The van der Waals surface area contributed by atoms with Gasteiger partial charge in [0.1, 0.15) is 11.4 Å². The van der Waals surface area contributed by atoms with Gasteiger partial charge in [0.25, 0.3) is 5.91 Å². The standard InChI is InChI=1S/C35H42N4O3/c40-29-15-13-28(14-16-29)32(27-9-2-1-3-10-27)33-30-11-4-5-12-31(30)39(22-21-37-18-6-7-19-37)34(33)35(41)36-17-8-20-38-23-25-42-26-24-38/h1-5,9-16,32,40H,6-8,17-26H2,(H,36,41). The minimum atomic E-state index is -0.168. The van der Waals surface area contributed by atoms with E-state index in [1.807, 2.05) is 18.2 Å². The van der Waals surface area contributed by atoms with Crippen LogP contribution in [0.2, 0.25) is 0 Å². The van der Waals surface area contributed by atoms with Crippen LogP contribution in [0.25, 0.3) is 10.9 Å². The van der Waals surface area contributed by atoms with E-state index in [1.165, 1.54) is 12.8 Å². The normalized spacial score (nSPS) is 17.0. The lowest BCUT2D eigenvalue weighted by molar-refractivity contribution is 0.0374. The van der Waals surface area contributed by atoms with E-state index in [4.69, 9.17) is 4.74 Å². The predicted molar refractivity (Wildman–Crippen MR) is 167 cm³/mol. The number of ether oxygens (including phenoxy) is 1. The molecule has 0 aliphatic carbocycles. The van der Waals surface area contributed by atoms with Crippen LogP contribution in [-0.4, -0.2) is 84.4 Å². The van der Waals surface area contributed by atoms with Gasteiger partial charge in [0.15, 0.2) is 0 Å². The van der Waals surface area contributed by atoms with Gasteiger partial charge in [0, 0.05) is 55.1 Å². The first kappa shape index (κ1) is 28.5. The van der Waals surface area contributed by atoms with Crippen molar-refractivity contribution < 1.29 is 14.6 Å². The molecule has 0 spiro atoms. The van der Waals surface area contributed by atoms with Gasteiger partial charge in [0.2, 0.25) is 0 Å². The molecule has 2 fully saturated rings. The quantitative estimate of drug-likeness (QED) is 0.248. The van der Waals surface area contributed by atoms with E-state index in [-0.39, 0.29) is 17.6 Å². The highest BCUT2D eigenvalue weighted by atomic mass is 16.5. The number of benzene rings is 3. The molecule has 7 nitrogen and oxygen atoms in total. The number of para-hydroxylation sites is 1. The first-order chi connectivity index (χ1) is 20.7. The number of likely N-dealkylation sites (tertiary alicyclic amines) is 1. The molecule has 1 aromatic heterocycles. The Hall–Kier alpha value is -3.65. The third kappa shape index (κ3) is 6.38. The zero-order chi connectivity index (χ0) is 28.7. The molecule has 0 radical (unpaired) electrons. The van der Waals surface area contributed by atoms with Crippen molar-refractivity contribution >= 4 is 16.8 Å². The molecule has 1 amide bonds. The molecule has 0 bridgehead atoms. The second-order valence-corrected chi connectivity index (χ2v) is 11.5. The smallest absolute Gasteiger partial charge is 0.268 e. The van der Waals surface area contributed by atoms with Crippen molar-refractivity contribution in [2.75, 3.05) is 59.0 Å². The van der Waals surface area contributed by atoms with Gasteiger partial charge in [-0.2, -0.15) is 0 Å². The second-order valence-electron chi connectivity index (χ2n) is 11.5. The first-order valence-electron chi connectivity index (χ1n) is 15.4. The molecule has 2 N–H and O–H groups in total. The lowest BCUT2D eigenvalue weighted by atomic mass is 9.83. The number of rotatable bonds is 11. The Labute approximate surface area is 248 Å². The van der Waals surface area contributed by atoms with Gasteiger partial charge in [-0.3, -0.25) is 9.69 Å². The maximum absolute atomic E-state index is 14.3. The predicted octanol–water partition coefficient (Wildman–Crippen LogP) is 5.08. The Morgan fingerprint density at radius 1 is 0.786 bits per heavy atom. The highest BCUT2D eigenvalue weighted by Crippen LogP contribution is 2.40. The molecule has 1 unspecified atom stereocenters. The molecule has 7 heteroatoms. The summed E-state index contributed by atoms with van der Waals surface area (Å²) in [5.74, 6) is 0.0417. The van der Waals surface area contributed by atoms with Gasteiger partial charge < -0.3 is 24.6 Å². The number of carbonyl (C=O) groups is 1. The van der Waals surface area contributed by atoms with Crippen molar-refractivity contribution in [1.29, 1.82) is 0 Å². The number of morpholine rings is 1. The minimum absolute atomic E-state index is 0.0238. The lowest BCUT2D eigenvalue weighted by Crippen LogP contribution is -2.38. The summed E-state index contributed by atoms with van der Waals surface area (Å²) >= 11 is 0. The Morgan fingerprint density at radius 3 is 2.21 bits per heavy atom. The van der Waals surface area contributed by atoms with Crippen LogP contribution in [0, 0.1) is 0 Å². The average Bonchev–Trinajstić information content (AvgIpc) is 3.67. The Kier molecular flexibility index (Phi) is 9.18. The molecule has 3 aromatic carbocycles. The van der Waals surface area contributed by atoms with Gasteiger partial charge in [0.05, 0.1) is 13.2 Å². The Balaban J connectivity index is 1.40. The Morgan fingerprint density at radius 2 is 1.45 bits per heavy atom. The molecule has 0 saturated carbocycles. The van der Waals surface area contributed by atoms with Crippen LogP contribution in [0.15, 0.2) is 78.9 Å². The first-order valence-corrected chi connectivity index (χ1v) is 15.4. The second kappa shape index (κ2) is 13.6. The van der Waals surface area contributed by atoms with Crippen LogP contribution in [0.4, 0.5) is 0 Å². The zero-order valence-electron chi connectivity index (χ0n) is 24.4. The summed E-state index contributed by atoms with van der Waals surface area (Å²) in [5.41, 5.74) is 5.01. The number of aromatic nitrogens is 1. The number of phenolic OH excluding ortho intramolecular Hbond substituents is 1. The number of hydrogen-bond acceptors (Lipinski definition) is 5. The fourth-order valence-electron chi connectivity index (χ4n) is 6.60. The molecular formula is C35H42N4O3. The maximum atomic E-state index is 14.3. The summed E-state index contributed by atoms with van der Waals surface area (Å²) in [7, 11) is 0. The van der Waals surface area contributed by atoms with E-state index < -0.39 is 0 Å². The molecule has 2 saturated heterocycles. The molecule has 1 atom stereocenters. The molecule has 42 heavy (non-hydrogen) atoms. The van der Waals surface area contributed by atoms with E-state index in [2.05, 4.69) is 68.2 Å². The SMILES string of the molecule is O=C(NCCCN1CCOCC1)c1c(C(c2ccccc2)c2ccc(O)cc2)c2ccccc2n1CCN1CCCC1. The zero-order valence-corrected chi connectivity index (χ0v) is 24.4. The molecule has 2 aliphatic rings. The fraction of sp³-hybridized carbons (Fsp3) is 0.400. The molecule has 220 valence electrons. The minimum Gasteiger partial charge on any atom is -0.508 e. The van der Waals surface area contributed by atoms with Crippen LogP contribution in [-0.2, 0) is 11.3 Å². The molecule has 6 rings (SSSR count). The lowest BCUT2D eigenvalue weighted by Gasteiger charge is -2.26. The van der Waals surface area contributed by atoms with Crippen LogP contribution in [0.1, 0.15) is 52.4 Å². The maximum Gasteiger partial charge on any atom is 0.268 e. The summed E-state index contributed by atoms with van der Waals surface area (Å²) in [6, 6.07) is 26.3. The average molecular weight is 567 g/mol. The highest BCUT2D eigenvalue weighted by molar-refractivity contribution is 6.02. The third-order valence-corrected chi connectivity index (χ3v) is 8.75. The van der Waals surface area contributed by atoms with Crippen molar-refractivity contribution in [2.45, 2.75) is 31.7 Å². The van der Waals surface area contributed by atoms with E-state index in [1.54, 1.807) is 12.1 Å². The van der Waals surface area contributed by atoms with Crippen LogP contribution in [0.5, 0.6) is 5.75 Å². The number of carbonyl (C=O) groups excluding carboxylic acids is 1. The monoisotopic (exact) mass is 566 g/mol. The van der Waals surface area contributed by atoms with Gasteiger partial charge in [-0.15, -0.1) is 0 Å². The number of fused-ring (bicyclic) bond motifs is 1. The van der Waals surface area contributed by atoms with Gasteiger partial charge in [-0.25, -0.2) is 0 Å². The summed E-state index contributed by atoms with van der Waals surface area (Å²) in [6.07, 6.45) is 3.38. The molecule has 3 heterocycles. The van der Waals surface area contributed by atoms with E-state index in [0.29, 0.717) is 6.54 Å².